The van der Waals surface area contributed by atoms with Crippen LogP contribution in [-0.4, -0.2) is 31.3 Å². The van der Waals surface area contributed by atoms with Gasteiger partial charge in [0.25, 0.3) is 0 Å². The van der Waals surface area contributed by atoms with Crippen LogP contribution in [0.3, 0.4) is 0 Å². The maximum absolute atomic E-state index is 9.30. The molecule has 0 aromatic heterocycles. The molecule has 0 amide bonds. The zero-order valence-electron chi connectivity index (χ0n) is 25.3. The Kier molecular flexibility index (Phi) is 11.0. The van der Waals surface area contributed by atoms with Crippen molar-refractivity contribution in [2.24, 2.45) is 0 Å². The largest absolute Gasteiger partial charge is 0.488 e. The van der Waals surface area contributed by atoms with Gasteiger partial charge < -0.3 is 24.3 Å². The quantitative estimate of drug-likeness (QED) is 0.159. The van der Waals surface area contributed by atoms with Crippen LogP contribution < -0.4 is 24.3 Å². The topological polar surface area (TPSA) is 72.7 Å². The summed E-state index contributed by atoms with van der Waals surface area (Å²) in [5.74, 6) is 3.88. The molecule has 6 nitrogen and oxygen atoms in total. The molecule has 4 aromatic rings. The molecule has 0 aliphatic carbocycles. The van der Waals surface area contributed by atoms with Gasteiger partial charge in [-0.3, -0.25) is 0 Å². The lowest BCUT2D eigenvalue weighted by Crippen LogP contribution is -2.26. The summed E-state index contributed by atoms with van der Waals surface area (Å²) in [5.41, 5.74) is 6.81. The maximum Gasteiger partial charge on any atom is 0.161 e. The number of fused-ring (bicyclic) bond motifs is 1. The van der Waals surface area contributed by atoms with Gasteiger partial charge in [0, 0.05) is 24.2 Å². The second-order valence-electron chi connectivity index (χ2n) is 10.8. The summed E-state index contributed by atoms with van der Waals surface area (Å²) in [6.45, 7) is 6.68. The fourth-order valence-electron chi connectivity index (χ4n) is 5.05. The average Bonchev–Trinajstić information content (AvgIpc) is 3.05. The van der Waals surface area contributed by atoms with E-state index < -0.39 is 0 Å². The Morgan fingerprint density at radius 2 is 1.73 bits per heavy atom. The van der Waals surface area contributed by atoms with Crippen LogP contribution in [-0.2, 0) is 19.8 Å². The van der Waals surface area contributed by atoms with E-state index in [2.05, 4.69) is 49.7 Å². The molecular formula is C36H37ClN2O4S. The third-order valence-corrected chi connectivity index (χ3v) is 8.58. The molecule has 228 valence electrons. The summed E-state index contributed by atoms with van der Waals surface area (Å²) in [7, 11) is 0. The Hall–Kier alpha value is -3.83. The lowest BCUT2D eigenvalue weighted by molar-refractivity contribution is 0.171. The molecule has 0 saturated carbocycles. The number of ether oxygens (including phenoxy) is 4. The summed E-state index contributed by atoms with van der Waals surface area (Å²) < 4.78 is 24.1. The Balaban J connectivity index is 1.35. The fourth-order valence-corrected chi connectivity index (χ4v) is 5.88. The molecule has 0 bridgehead atoms. The molecule has 0 unspecified atom stereocenters. The first-order valence-corrected chi connectivity index (χ1v) is 16.5. The van der Waals surface area contributed by atoms with Gasteiger partial charge >= 0.3 is 0 Å². The number of halogens is 1. The van der Waals surface area contributed by atoms with Gasteiger partial charge in [-0.2, -0.15) is 17.0 Å². The van der Waals surface area contributed by atoms with Crippen molar-refractivity contribution in [3.8, 4) is 40.2 Å². The average molecular weight is 629 g/mol. The van der Waals surface area contributed by atoms with E-state index in [1.54, 1.807) is 6.07 Å². The molecule has 0 fully saturated rings. The highest BCUT2D eigenvalue weighted by atomic mass is 35.5. The van der Waals surface area contributed by atoms with Gasteiger partial charge in [0.05, 0.1) is 16.7 Å². The number of hydrogen-bond donors (Lipinski definition) is 1. The minimum Gasteiger partial charge on any atom is -0.488 e. The van der Waals surface area contributed by atoms with Crippen LogP contribution in [0.5, 0.6) is 23.0 Å². The van der Waals surface area contributed by atoms with E-state index in [1.807, 2.05) is 60.3 Å². The van der Waals surface area contributed by atoms with Crippen molar-refractivity contribution in [1.29, 1.82) is 5.26 Å². The molecule has 0 spiro atoms. The number of rotatable bonds is 13. The molecule has 1 aliphatic rings. The van der Waals surface area contributed by atoms with Crippen molar-refractivity contribution in [1.82, 2.24) is 5.32 Å². The Bertz CT molecular complexity index is 1640. The minimum atomic E-state index is 0.322. The van der Waals surface area contributed by atoms with Crippen LogP contribution in [0.4, 0.5) is 0 Å². The molecule has 44 heavy (non-hydrogen) atoms. The van der Waals surface area contributed by atoms with E-state index in [4.69, 9.17) is 30.5 Å². The monoisotopic (exact) mass is 628 g/mol. The summed E-state index contributed by atoms with van der Waals surface area (Å²) in [6.07, 6.45) is 3.19. The number of nitrogens with one attached hydrogen (secondary N) is 1. The van der Waals surface area contributed by atoms with E-state index >= 15 is 0 Å². The molecule has 1 aliphatic heterocycles. The van der Waals surface area contributed by atoms with Crippen molar-refractivity contribution in [2.45, 2.75) is 46.1 Å². The van der Waals surface area contributed by atoms with Crippen molar-refractivity contribution in [3.63, 3.8) is 0 Å². The highest BCUT2D eigenvalue weighted by Gasteiger charge is 2.16. The number of benzene rings is 4. The van der Waals surface area contributed by atoms with Crippen LogP contribution in [0.25, 0.3) is 11.1 Å². The smallest absolute Gasteiger partial charge is 0.161 e. The van der Waals surface area contributed by atoms with Gasteiger partial charge in [0.15, 0.2) is 11.5 Å². The highest BCUT2D eigenvalue weighted by molar-refractivity contribution is 7.98. The van der Waals surface area contributed by atoms with Crippen LogP contribution in [0.2, 0.25) is 5.02 Å². The summed E-state index contributed by atoms with van der Waals surface area (Å²) in [6, 6.07) is 26.0. The van der Waals surface area contributed by atoms with Crippen LogP contribution >= 0.6 is 23.4 Å². The van der Waals surface area contributed by atoms with E-state index in [0.29, 0.717) is 61.1 Å². The first-order chi connectivity index (χ1) is 21.4. The molecule has 1 N–H and O–H groups in total. The Morgan fingerprint density at radius 3 is 2.55 bits per heavy atom. The summed E-state index contributed by atoms with van der Waals surface area (Å²) in [5, 5.41) is 13.4. The first-order valence-electron chi connectivity index (χ1n) is 14.7. The molecule has 1 heterocycles. The molecule has 1 atom stereocenters. The zero-order chi connectivity index (χ0) is 30.9. The molecule has 4 aromatic carbocycles. The van der Waals surface area contributed by atoms with E-state index in [-0.39, 0.29) is 0 Å². The molecule has 0 saturated heterocycles. The van der Waals surface area contributed by atoms with E-state index in [0.717, 1.165) is 57.1 Å². The zero-order valence-corrected chi connectivity index (χ0v) is 26.9. The highest BCUT2D eigenvalue weighted by Crippen LogP contribution is 2.37. The second-order valence-corrected chi connectivity index (χ2v) is 12.2. The fraction of sp³-hybridized carbons (Fsp3) is 0.306. The molecule has 5 rings (SSSR count). The molecule has 8 heteroatoms. The molecular weight excluding hydrogens is 592 g/mol. The normalized spacial score (nSPS) is 12.8. The van der Waals surface area contributed by atoms with Crippen molar-refractivity contribution < 1.29 is 18.9 Å². The van der Waals surface area contributed by atoms with E-state index in [9.17, 15) is 5.26 Å². The van der Waals surface area contributed by atoms with Gasteiger partial charge in [-0.1, -0.05) is 48.0 Å². The minimum absolute atomic E-state index is 0.322. The predicted octanol–water partition coefficient (Wildman–Crippen LogP) is 8.35. The lowest BCUT2D eigenvalue weighted by Gasteiger charge is -2.20. The Labute approximate surface area is 269 Å². The van der Waals surface area contributed by atoms with E-state index in [1.165, 1.54) is 0 Å². The number of hydrogen-bond acceptors (Lipinski definition) is 7. The van der Waals surface area contributed by atoms with Crippen molar-refractivity contribution in [2.75, 3.05) is 25.2 Å². The lowest BCUT2D eigenvalue weighted by atomic mass is 9.96. The SMILES string of the molecule is CSCC[C@H](C)NCc1cc(Cl)c(OCc2cccc(-c3ccc4c(c3)OCCO4)c2C)cc1OCc1cccc(C#N)c1. The van der Waals surface area contributed by atoms with Crippen LogP contribution in [0.1, 0.15) is 41.2 Å². The maximum atomic E-state index is 9.30. The standard InChI is InChI=1S/C36H37ClN2O4S/c1-24(12-15-44-3)39-21-30-17-32(37)35(19-34(30)42-22-27-7-4-6-26(16-27)20-38)43-23-29-8-5-9-31(25(29)2)28-10-11-33-36(18-28)41-14-13-40-33/h4-11,16-19,24,39H,12-15,21-23H2,1-3H3/t24-/m0/s1. The van der Waals surface area contributed by atoms with Crippen LogP contribution in [0, 0.1) is 18.3 Å². The first kappa shape index (κ1) is 31.6. The van der Waals surface area contributed by atoms with Crippen LogP contribution in [0.15, 0.2) is 72.8 Å². The predicted molar refractivity (Wildman–Crippen MR) is 178 cm³/mol. The number of nitrogens with zero attached hydrogens (tertiary/aromatic N) is 1. The number of thioether (sulfide) groups is 1. The van der Waals surface area contributed by atoms with Gasteiger partial charge in [-0.15, -0.1) is 0 Å². The second kappa shape index (κ2) is 15.3. The third kappa shape index (κ3) is 8.00. The molecule has 0 radical (unpaired) electrons. The van der Waals surface area contributed by atoms with Gasteiger partial charge in [-0.25, -0.2) is 0 Å². The Morgan fingerprint density at radius 1 is 0.932 bits per heavy atom. The van der Waals surface area contributed by atoms with Gasteiger partial charge in [0.1, 0.15) is 37.9 Å². The number of nitriles is 1. The summed E-state index contributed by atoms with van der Waals surface area (Å²) >= 11 is 8.63. The van der Waals surface area contributed by atoms with Gasteiger partial charge in [-0.05, 0) is 90.4 Å². The van der Waals surface area contributed by atoms with Crippen molar-refractivity contribution in [3.05, 3.63) is 106 Å². The summed E-state index contributed by atoms with van der Waals surface area (Å²) in [4.78, 5) is 0. The van der Waals surface area contributed by atoms with Crippen molar-refractivity contribution >= 4 is 23.4 Å². The van der Waals surface area contributed by atoms with Gasteiger partial charge in [0.2, 0.25) is 0 Å². The third-order valence-electron chi connectivity index (χ3n) is 7.64.